The fourth-order valence-electron chi connectivity index (χ4n) is 1.19. The molecule has 1 rings (SSSR count). The van der Waals surface area contributed by atoms with Gasteiger partial charge in [-0.1, -0.05) is 12.5 Å². The molecule has 0 aromatic heterocycles. The van der Waals surface area contributed by atoms with E-state index in [2.05, 4.69) is 6.58 Å². The molecule has 0 aromatic carbocycles. The summed E-state index contributed by atoms with van der Waals surface area (Å²) in [7, 11) is 0. The van der Waals surface area contributed by atoms with Crippen LogP contribution in [0, 0.1) is 5.92 Å². The molecule has 1 fully saturated rings. The second-order valence-corrected chi connectivity index (χ2v) is 2.78. The number of aliphatic hydroxyl groups is 1. The first-order valence-corrected chi connectivity index (χ1v) is 3.63. The molecule has 0 spiro atoms. The largest absolute Gasteiger partial charge is 0.393 e. The van der Waals surface area contributed by atoms with Crippen molar-refractivity contribution in [3.05, 3.63) is 12.7 Å². The Morgan fingerprint density at radius 1 is 1.67 bits per heavy atom. The number of rotatable bonds is 3. The van der Waals surface area contributed by atoms with Crippen LogP contribution in [0.25, 0.3) is 0 Å². The van der Waals surface area contributed by atoms with Crippen LogP contribution >= 0.6 is 0 Å². The Kier molecular flexibility index (Phi) is 2.29. The van der Waals surface area contributed by atoms with Crippen molar-refractivity contribution in [3.8, 4) is 0 Å². The van der Waals surface area contributed by atoms with E-state index in [0.717, 1.165) is 6.42 Å². The van der Waals surface area contributed by atoms with Gasteiger partial charge >= 0.3 is 0 Å². The van der Waals surface area contributed by atoms with Gasteiger partial charge in [0.2, 0.25) is 0 Å². The van der Waals surface area contributed by atoms with E-state index in [1.807, 2.05) is 0 Å². The van der Waals surface area contributed by atoms with E-state index in [1.54, 1.807) is 6.08 Å². The minimum absolute atomic E-state index is 0.101. The number of aliphatic hydroxyl groups excluding tert-OH is 1. The molecular formula is C8H14O. The molecule has 0 aromatic rings. The highest BCUT2D eigenvalue weighted by Gasteiger charge is 2.23. The van der Waals surface area contributed by atoms with Crippen LogP contribution in [0.1, 0.15) is 25.7 Å². The summed E-state index contributed by atoms with van der Waals surface area (Å²) in [6.07, 6.45) is 6.20. The first-order chi connectivity index (χ1) is 4.34. The molecule has 1 aliphatic rings. The summed E-state index contributed by atoms with van der Waals surface area (Å²) in [5, 5.41) is 9.30. The van der Waals surface area contributed by atoms with Crippen LogP contribution in [0.5, 0.6) is 0 Å². The van der Waals surface area contributed by atoms with Crippen LogP contribution in [0.15, 0.2) is 12.7 Å². The minimum atomic E-state index is -0.101. The molecule has 52 valence electrons. The van der Waals surface area contributed by atoms with E-state index in [4.69, 9.17) is 0 Å². The molecule has 1 saturated carbocycles. The van der Waals surface area contributed by atoms with Crippen molar-refractivity contribution in [1.82, 2.24) is 0 Å². The summed E-state index contributed by atoms with van der Waals surface area (Å²) in [5.41, 5.74) is 0. The van der Waals surface area contributed by atoms with Gasteiger partial charge in [-0.25, -0.2) is 0 Å². The molecule has 0 saturated heterocycles. The van der Waals surface area contributed by atoms with Gasteiger partial charge in [0, 0.05) is 0 Å². The molecule has 0 amide bonds. The molecule has 1 aliphatic carbocycles. The van der Waals surface area contributed by atoms with E-state index in [-0.39, 0.29) is 6.10 Å². The van der Waals surface area contributed by atoms with Gasteiger partial charge in [0.05, 0.1) is 6.10 Å². The summed E-state index contributed by atoms with van der Waals surface area (Å²) in [5.74, 6) is 0.586. The second-order valence-electron chi connectivity index (χ2n) is 2.78. The van der Waals surface area contributed by atoms with Crippen molar-refractivity contribution in [2.45, 2.75) is 31.8 Å². The molecule has 0 bridgehead atoms. The summed E-state index contributed by atoms with van der Waals surface area (Å²) >= 11 is 0. The third-order valence-electron chi connectivity index (χ3n) is 2.10. The Morgan fingerprint density at radius 2 is 2.33 bits per heavy atom. The quantitative estimate of drug-likeness (QED) is 0.571. The molecule has 1 nitrogen and oxygen atoms in total. The van der Waals surface area contributed by atoms with Crippen molar-refractivity contribution in [2.24, 2.45) is 5.92 Å². The highest BCUT2D eigenvalue weighted by molar-refractivity contribution is 4.82. The summed E-state index contributed by atoms with van der Waals surface area (Å²) in [6, 6.07) is 0. The van der Waals surface area contributed by atoms with Gasteiger partial charge < -0.3 is 5.11 Å². The monoisotopic (exact) mass is 126 g/mol. The maximum Gasteiger partial charge on any atom is 0.0602 e. The van der Waals surface area contributed by atoms with Crippen molar-refractivity contribution in [1.29, 1.82) is 0 Å². The van der Waals surface area contributed by atoms with Gasteiger partial charge in [0.1, 0.15) is 0 Å². The normalized spacial score (nSPS) is 22.8. The Hall–Kier alpha value is -0.300. The van der Waals surface area contributed by atoms with E-state index in [9.17, 15) is 5.11 Å². The zero-order valence-corrected chi connectivity index (χ0v) is 5.71. The van der Waals surface area contributed by atoms with Crippen LogP contribution in [-0.4, -0.2) is 11.2 Å². The first-order valence-electron chi connectivity index (χ1n) is 3.63. The molecule has 1 heteroatoms. The first kappa shape index (κ1) is 6.81. The van der Waals surface area contributed by atoms with Crippen molar-refractivity contribution in [2.75, 3.05) is 0 Å². The zero-order valence-electron chi connectivity index (χ0n) is 5.71. The summed E-state index contributed by atoms with van der Waals surface area (Å²) < 4.78 is 0. The van der Waals surface area contributed by atoms with Crippen LogP contribution in [0.4, 0.5) is 0 Å². The van der Waals surface area contributed by atoms with Gasteiger partial charge in [-0.15, -0.1) is 6.58 Å². The lowest BCUT2D eigenvalue weighted by Crippen LogP contribution is -2.25. The maximum absolute atomic E-state index is 9.30. The molecule has 9 heavy (non-hydrogen) atoms. The predicted octanol–water partition coefficient (Wildman–Crippen LogP) is 1.72. The standard InChI is InChI=1S/C8H14O/c1-2-4-8(9)7-5-3-6-7/h2,7-9H,1,3-6H2. The van der Waals surface area contributed by atoms with Gasteiger partial charge in [-0.2, -0.15) is 0 Å². The van der Waals surface area contributed by atoms with Crippen LogP contribution < -0.4 is 0 Å². The third-order valence-corrected chi connectivity index (χ3v) is 2.10. The van der Waals surface area contributed by atoms with Crippen molar-refractivity contribution >= 4 is 0 Å². The average molecular weight is 126 g/mol. The van der Waals surface area contributed by atoms with E-state index in [1.165, 1.54) is 19.3 Å². The Morgan fingerprint density at radius 3 is 2.67 bits per heavy atom. The maximum atomic E-state index is 9.30. The van der Waals surface area contributed by atoms with Gasteiger partial charge in [-0.3, -0.25) is 0 Å². The summed E-state index contributed by atoms with van der Waals surface area (Å²) in [6.45, 7) is 3.58. The lowest BCUT2D eigenvalue weighted by atomic mass is 9.80. The van der Waals surface area contributed by atoms with E-state index >= 15 is 0 Å². The van der Waals surface area contributed by atoms with Gasteiger partial charge in [0.15, 0.2) is 0 Å². The molecule has 1 unspecified atom stereocenters. The number of hydrogen-bond donors (Lipinski definition) is 1. The third kappa shape index (κ3) is 1.55. The van der Waals surface area contributed by atoms with Gasteiger partial charge in [-0.05, 0) is 25.2 Å². The predicted molar refractivity (Wildman–Crippen MR) is 38.2 cm³/mol. The van der Waals surface area contributed by atoms with E-state index in [0.29, 0.717) is 5.92 Å². The lowest BCUT2D eigenvalue weighted by Gasteiger charge is -2.29. The average Bonchev–Trinajstić information content (AvgIpc) is 1.60. The molecule has 0 aliphatic heterocycles. The topological polar surface area (TPSA) is 20.2 Å². The Labute approximate surface area is 56.4 Å². The Balaban J connectivity index is 2.15. The SMILES string of the molecule is C=CCC(O)C1CCC1. The molecular weight excluding hydrogens is 112 g/mol. The highest BCUT2D eigenvalue weighted by Crippen LogP contribution is 2.30. The minimum Gasteiger partial charge on any atom is -0.393 e. The summed E-state index contributed by atoms with van der Waals surface area (Å²) in [4.78, 5) is 0. The fraction of sp³-hybridized carbons (Fsp3) is 0.750. The Bertz CT molecular complexity index is 94.7. The molecule has 0 heterocycles. The molecule has 1 N–H and O–H groups in total. The smallest absolute Gasteiger partial charge is 0.0602 e. The molecule has 1 atom stereocenters. The van der Waals surface area contributed by atoms with E-state index < -0.39 is 0 Å². The van der Waals surface area contributed by atoms with Crippen LogP contribution in [0.2, 0.25) is 0 Å². The van der Waals surface area contributed by atoms with Crippen molar-refractivity contribution < 1.29 is 5.11 Å². The van der Waals surface area contributed by atoms with Gasteiger partial charge in [0.25, 0.3) is 0 Å². The van der Waals surface area contributed by atoms with Crippen molar-refractivity contribution in [3.63, 3.8) is 0 Å². The second kappa shape index (κ2) is 3.02. The highest BCUT2D eigenvalue weighted by atomic mass is 16.3. The zero-order chi connectivity index (χ0) is 6.69. The van der Waals surface area contributed by atoms with Crippen LogP contribution in [0.3, 0.4) is 0 Å². The molecule has 0 radical (unpaired) electrons. The fourth-order valence-corrected chi connectivity index (χ4v) is 1.19. The van der Waals surface area contributed by atoms with Crippen LogP contribution in [-0.2, 0) is 0 Å². The number of hydrogen-bond acceptors (Lipinski definition) is 1. The lowest BCUT2D eigenvalue weighted by molar-refractivity contribution is 0.0652.